The van der Waals surface area contributed by atoms with Crippen LogP contribution < -0.4 is 10.1 Å². The van der Waals surface area contributed by atoms with Crippen LogP contribution in [0.1, 0.15) is 42.4 Å². The molecule has 2 aromatic rings. The number of hydrogen-bond donors (Lipinski definition) is 1. The van der Waals surface area contributed by atoms with Gasteiger partial charge in [-0.1, -0.05) is 42.7 Å². The van der Waals surface area contributed by atoms with E-state index in [2.05, 4.69) is 41.5 Å². The second-order valence-corrected chi connectivity index (χ2v) is 6.66. The van der Waals surface area contributed by atoms with E-state index in [4.69, 9.17) is 4.74 Å². The van der Waals surface area contributed by atoms with Crippen molar-refractivity contribution in [1.82, 2.24) is 4.98 Å². The summed E-state index contributed by atoms with van der Waals surface area (Å²) in [6.07, 6.45) is 5.61. The number of hydrogen-bond acceptors (Lipinski definition) is 3. The minimum absolute atomic E-state index is 0.0650. The van der Waals surface area contributed by atoms with Crippen LogP contribution in [0.25, 0.3) is 0 Å². The zero-order valence-corrected chi connectivity index (χ0v) is 14.6. The van der Waals surface area contributed by atoms with Gasteiger partial charge in [-0.2, -0.15) is 0 Å². The summed E-state index contributed by atoms with van der Waals surface area (Å²) >= 11 is 0. The van der Waals surface area contributed by atoms with Crippen molar-refractivity contribution in [2.45, 2.75) is 44.9 Å². The first kappa shape index (κ1) is 16.5. The smallest absolute Gasteiger partial charge is 0.235 e. The Morgan fingerprint density at radius 3 is 2.42 bits per heavy atom. The van der Waals surface area contributed by atoms with Crippen LogP contribution >= 0.6 is 0 Å². The highest BCUT2D eigenvalue weighted by Gasteiger charge is 2.42. The average molecular weight is 324 g/mol. The third-order valence-electron chi connectivity index (χ3n) is 4.98. The van der Waals surface area contributed by atoms with Gasteiger partial charge in [0.15, 0.2) is 0 Å². The molecule has 0 saturated heterocycles. The summed E-state index contributed by atoms with van der Waals surface area (Å²) in [6.45, 7) is 3.99. The van der Waals surface area contributed by atoms with Gasteiger partial charge in [-0.15, -0.1) is 0 Å². The Labute approximate surface area is 143 Å². The van der Waals surface area contributed by atoms with Crippen LogP contribution in [0.4, 0.5) is 5.69 Å². The molecule has 0 bridgehead atoms. The molecule has 24 heavy (non-hydrogen) atoms. The Morgan fingerprint density at radius 2 is 1.83 bits per heavy atom. The number of aromatic nitrogens is 1. The lowest BCUT2D eigenvalue weighted by atomic mass is 9.77. The van der Waals surface area contributed by atoms with Gasteiger partial charge in [-0.3, -0.25) is 4.79 Å². The molecule has 0 unspecified atom stereocenters. The van der Waals surface area contributed by atoms with E-state index in [0.29, 0.717) is 5.88 Å². The van der Waals surface area contributed by atoms with E-state index in [0.717, 1.165) is 42.5 Å². The van der Waals surface area contributed by atoms with Crippen LogP contribution in [0, 0.1) is 13.8 Å². The molecule has 1 N–H and O–H groups in total. The van der Waals surface area contributed by atoms with Gasteiger partial charge < -0.3 is 10.1 Å². The summed E-state index contributed by atoms with van der Waals surface area (Å²) in [5.74, 6) is 0.650. The number of benzene rings is 1. The fraction of sp³-hybridized carbons (Fsp3) is 0.400. The van der Waals surface area contributed by atoms with Crippen molar-refractivity contribution in [3.05, 3.63) is 53.2 Å². The summed E-state index contributed by atoms with van der Waals surface area (Å²) in [7, 11) is 1.60. The molecule has 0 radical (unpaired) electrons. The van der Waals surface area contributed by atoms with Crippen LogP contribution in [-0.4, -0.2) is 18.0 Å². The summed E-state index contributed by atoms with van der Waals surface area (Å²) in [5, 5.41) is 3.07. The van der Waals surface area contributed by atoms with Gasteiger partial charge in [-0.25, -0.2) is 4.98 Å². The highest BCUT2D eigenvalue weighted by Crippen LogP contribution is 2.42. The molecule has 1 aliphatic rings. The molecule has 0 aliphatic heterocycles. The van der Waals surface area contributed by atoms with Gasteiger partial charge in [0.2, 0.25) is 11.8 Å². The standard InChI is InChI=1S/C20H24N2O2/c1-14-6-8-16(9-7-14)20(10-4-5-11-20)19(23)22-17-12-15(2)18(24-3)21-13-17/h6-9,12-13H,4-5,10-11H2,1-3H3,(H,22,23). The molecule has 4 heteroatoms. The Bertz CT molecular complexity index is 732. The second kappa shape index (κ2) is 6.63. The van der Waals surface area contributed by atoms with Gasteiger partial charge in [-0.05, 0) is 38.3 Å². The van der Waals surface area contributed by atoms with Crippen molar-refractivity contribution >= 4 is 11.6 Å². The van der Waals surface area contributed by atoms with Crippen molar-refractivity contribution in [2.75, 3.05) is 12.4 Å². The number of ether oxygens (including phenoxy) is 1. The van der Waals surface area contributed by atoms with Gasteiger partial charge in [0.25, 0.3) is 0 Å². The van der Waals surface area contributed by atoms with Crippen LogP contribution in [-0.2, 0) is 10.2 Å². The number of carbonyl (C=O) groups excluding carboxylic acids is 1. The molecule has 1 aliphatic carbocycles. The van der Waals surface area contributed by atoms with Crippen molar-refractivity contribution < 1.29 is 9.53 Å². The van der Waals surface area contributed by atoms with E-state index < -0.39 is 5.41 Å². The highest BCUT2D eigenvalue weighted by molar-refractivity contribution is 5.99. The number of pyridine rings is 1. The van der Waals surface area contributed by atoms with Crippen molar-refractivity contribution in [3.63, 3.8) is 0 Å². The molecule has 0 atom stereocenters. The predicted octanol–water partition coefficient (Wildman–Crippen LogP) is 4.16. The first-order valence-electron chi connectivity index (χ1n) is 8.44. The molecule has 3 rings (SSSR count). The molecule has 1 fully saturated rings. The Kier molecular flexibility index (Phi) is 4.56. The van der Waals surface area contributed by atoms with Crippen molar-refractivity contribution in [1.29, 1.82) is 0 Å². The molecule has 4 nitrogen and oxygen atoms in total. The highest BCUT2D eigenvalue weighted by atomic mass is 16.5. The topological polar surface area (TPSA) is 51.2 Å². The first-order valence-corrected chi connectivity index (χ1v) is 8.44. The zero-order chi connectivity index (χ0) is 17.2. The van der Waals surface area contributed by atoms with E-state index in [1.54, 1.807) is 13.3 Å². The van der Waals surface area contributed by atoms with Crippen molar-refractivity contribution in [2.24, 2.45) is 0 Å². The molecule has 126 valence electrons. The van der Waals surface area contributed by atoms with Gasteiger partial charge in [0.05, 0.1) is 24.4 Å². The number of rotatable bonds is 4. The van der Waals surface area contributed by atoms with Crippen LogP contribution in [0.5, 0.6) is 5.88 Å². The Balaban J connectivity index is 1.88. The summed E-state index contributed by atoms with van der Waals surface area (Å²) in [6, 6.07) is 10.3. The molecule has 1 aromatic heterocycles. The van der Waals surface area contributed by atoms with Gasteiger partial charge in [0.1, 0.15) is 0 Å². The normalized spacial score (nSPS) is 16.0. The molecule has 0 spiro atoms. The lowest BCUT2D eigenvalue weighted by molar-refractivity contribution is -0.121. The van der Waals surface area contributed by atoms with Crippen molar-refractivity contribution in [3.8, 4) is 5.88 Å². The lowest BCUT2D eigenvalue weighted by Gasteiger charge is -2.28. The predicted molar refractivity (Wildman–Crippen MR) is 95.5 cm³/mol. The molecule has 1 amide bonds. The number of carbonyl (C=O) groups is 1. The van der Waals surface area contributed by atoms with Crippen LogP contribution in [0.2, 0.25) is 0 Å². The van der Waals surface area contributed by atoms with E-state index in [1.165, 1.54) is 5.56 Å². The first-order chi connectivity index (χ1) is 11.5. The number of nitrogens with one attached hydrogen (secondary N) is 1. The third-order valence-corrected chi connectivity index (χ3v) is 4.98. The fourth-order valence-corrected chi connectivity index (χ4v) is 3.59. The zero-order valence-electron chi connectivity index (χ0n) is 14.6. The summed E-state index contributed by atoms with van der Waals surface area (Å²) < 4.78 is 5.18. The molecule has 1 aromatic carbocycles. The van der Waals surface area contributed by atoms with Gasteiger partial charge in [0, 0.05) is 5.56 Å². The minimum Gasteiger partial charge on any atom is -0.481 e. The average Bonchev–Trinajstić information content (AvgIpc) is 3.07. The number of nitrogens with zero attached hydrogens (tertiary/aromatic N) is 1. The Morgan fingerprint density at radius 1 is 1.17 bits per heavy atom. The largest absolute Gasteiger partial charge is 0.481 e. The number of methoxy groups -OCH3 is 1. The molecule has 1 heterocycles. The monoisotopic (exact) mass is 324 g/mol. The summed E-state index contributed by atoms with van der Waals surface area (Å²) in [4.78, 5) is 17.4. The fourth-order valence-electron chi connectivity index (χ4n) is 3.59. The Hall–Kier alpha value is -2.36. The maximum Gasteiger partial charge on any atom is 0.235 e. The minimum atomic E-state index is -0.429. The van der Waals surface area contributed by atoms with Crippen LogP contribution in [0.15, 0.2) is 36.5 Å². The third kappa shape index (κ3) is 3.01. The molecule has 1 saturated carbocycles. The van der Waals surface area contributed by atoms with Gasteiger partial charge >= 0.3 is 0 Å². The van der Waals surface area contributed by atoms with E-state index >= 15 is 0 Å². The number of anilines is 1. The SMILES string of the molecule is COc1ncc(NC(=O)C2(c3ccc(C)cc3)CCCC2)cc1C. The summed E-state index contributed by atoms with van der Waals surface area (Å²) in [5.41, 5.74) is 3.52. The van der Waals surface area contributed by atoms with Crippen LogP contribution in [0.3, 0.4) is 0 Å². The lowest BCUT2D eigenvalue weighted by Crippen LogP contribution is -2.38. The number of amides is 1. The molecular formula is C20H24N2O2. The van der Waals surface area contributed by atoms with E-state index in [-0.39, 0.29) is 5.91 Å². The maximum absolute atomic E-state index is 13.1. The molecular weight excluding hydrogens is 300 g/mol. The number of aryl methyl sites for hydroxylation is 2. The maximum atomic E-state index is 13.1. The van der Waals surface area contributed by atoms with E-state index in [1.807, 2.05) is 13.0 Å². The quantitative estimate of drug-likeness (QED) is 0.919. The van der Waals surface area contributed by atoms with E-state index in [9.17, 15) is 4.79 Å². The second-order valence-electron chi connectivity index (χ2n) is 6.66.